The van der Waals surface area contributed by atoms with E-state index in [2.05, 4.69) is 26.0 Å². The van der Waals surface area contributed by atoms with Crippen LogP contribution < -0.4 is 0 Å². The van der Waals surface area contributed by atoms with Gasteiger partial charge < -0.3 is 9.84 Å². The van der Waals surface area contributed by atoms with E-state index in [1.165, 1.54) is 11.1 Å². The first-order valence-corrected chi connectivity index (χ1v) is 5.85. The molecule has 0 amide bonds. The van der Waals surface area contributed by atoms with E-state index >= 15 is 0 Å². The van der Waals surface area contributed by atoms with Crippen LogP contribution in [0.5, 0.6) is 0 Å². The number of rotatable bonds is 3. The fraction of sp³-hybridized carbons (Fsp3) is 0.500. The van der Waals surface area contributed by atoms with E-state index in [1.54, 1.807) is 6.92 Å². The molecule has 1 heterocycles. The molecule has 1 unspecified atom stereocenters. The van der Waals surface area contributed by atoms with Gasteiger partial charge in [-0.05, 0) is 30.5 Å². The summed E-state index contributed by atoms with van der Waals surface area (Å²) in [5.41, 5.74) is 3.17. The molecule has 1 atom stereocenters. The molecule has 2 rings (SSSR count). The molecule has 0 radical (unpaired) electrons. The Morgan fingerprint density at radius 2 is 2.00 bits per heavy atom. The van der Waals surface area contributed by atoms with Gasteiger partial charge in [0.05, 0.1) is 24.5 Å². The van der Waals surface area contributed by atoms with Gasteiger partial charge in [-0.3, -0.25) is 4.79 Å². The highest BCUT2D eigenvalue weighted by molar-refractivity contribution is 5.72. The SMILES string of the molecule is Cc1ccc(C2(C(C)C(=O)O)COC2)cc1C. The summed E-state index contributed by atoms with van der Waals surface area (Å²) in [6, 6.07) is 6.18. The highest BCUT2D eigenvalue weighted by atomic mass is 16.5. The van der Waals surface area contributed by atoms with Gasteiger partial charge >= 0.3 is 5.97 Å². The molecule has 1 aromatic carbocycles. The van der Waals surface area contributed by atoms with Gasteiger partial charge in [0.1, 0.15) is 0 Å². The van der Waals surface area contributed by atoms with E-state index in [0.29, 0.717) is 13.2 Å². The monoisotopic (exact) mass is 234 g/mol. The summed E-state index contributed by atoms with van der Waals surface area (Å²) in [4.78, 5) is 11.2. The fourth-order valence-corrected chi connectivity index (χ4v) is 2.28. The summed E-state index contributed by atoms with van der Waals surface area (Å²) >= 11 is 0. The molecule has 1 saturated heterocycles. The van der Waals surface area contributed by atoms with Crippen molar-refractivity contribution in [1.29, 1.82) is 0 Å². The van der Waals surface area contributed by atoms with Crippen LogP contribution >= 0.6 is 0 Å². The number of hydrogen-bond acceptors (Lipinski definition) is 2. The molecule has 0 bridgehead atoms. The third kappa shape index (κ3) is 1.84. The Labute approximate surface area is 101 Å². The maximum Gasteiger partial charge on any atom is 0.307 e. The number of carboxylic acid groups (broad SMARTS) is 1. The predicted octanol–water partition coefficient (Wildman–Crippen LogP) is 2.29. The Morgan fingerprint density at radius 1 is 1.35 bits per heavy atom. The van der Waals surface area contributed by atoms with Gasteiger partial charge in [0.2, 0.25) is 0 Å². The van der Waals surface area contributed by atoms with Gasteiger partial charge in [0.15, 0.2) is 0 Å². The van der Waals surface area contributed by atoms with Crippen LogP contribution in [-0.4, -0.2) is 24.3 Å². The van der Waals surface area contributed by atoms with E-state index in [1.807, 2.05) is 6.07 Å². The number of hydrogen-bond donors (Lipinski definition) is 1. The first-order valence-electron chi connectivity index (χ1n) is 5.85. The first-order chi connectivity index (χ1) is 7.97. The average molecular weight is 234 g/mol. The van der Waals surface area contributed by atoms with Gasteiger partial charge in [0, 0.05) is 0 Å². The molecule has 1 aliphatic heterocycles. The Balaban J connectivity index is 2.41. The van der Waals surface area contributed by atoms with Crippen LogP contribution in [0.1, 0.15) is 23.6 Å². The molecular formula is C14H18O3. The summed E-state index contributed by atoms with van der Waals surface area (Å²) in [7, 11) is 0. The molecule has 0 saturated carbocycles. The van der Waals surface area contributed by atoms with Crippen LogP contribution in [0, 0.1) is 19.8 Å². The van der Waals surface area contributed by atoms with E-state index < -0.39 is 11.9 Å². The highest BCUT2D eigenvalue weighted by Gasteiger charge is 2.48. The van der Waals surface area contributed by atoms with E-state index in [-0.39, 0.29) is 5.41 Å². The van der Waals surface area contributed by atoms with Crippen molar-refractivity contribution in [1.82, 2.24) is 0 Å². The molecule has 0 aliphatic carbocycles. The molecule has 1 fully saturated rings. The second-order valence-electron chi connectivity index (χ2n) is 5.01. The highest BCUT2D eigenvalue weighted by Crippen LogP contribution is 2.40. The zero-order valence-corrected chi connectivity index (χ0v) is 10.5. The van der Waals surface area contributed by atoms with Crippen molar-refractivity contribution < 1.29 is 14.6 Å². The number of aryl methyl sites for hydroxylation is 2. The van der Waals surface area contributed by atoms with Crippen molar-refractivity contribution >= 4 is 5.97 Å². The van der Waals surface area contributed by atoms with Crippen LogP contribution in [0.3, 0.4) is 0 Å². The molecule has 1 aliphatic rings. The smallest absolute Gasteiger partial charge is 0.307 e. The second-order valence-corrected chi connectivity index (χ2v) is 5.01. The molecule has 92 valence electrons. The van der Waals surface area contributed by atoms with Crippen molar-refractivity contribution in [2.45, 2.75) is 26.2 Å². The van der Waals surface area contributed by atoms with Crippen molar-refractivity contribution in [3.8, 4) is 0 Å². The number of aliphatic carboxylic acids is 1. The summed E-state index contributed by atoms with van der Waals surface area (Å²) in [6.45, 7) is 6.88. The van der Waals surface area contributed by atoms with Crippen molar-refractivity contribution in [3.05, 3.63) is 34.9 Å². The Hall–Kier alpha value is -1.35. The van der Waals surface area contributed by atoms with Gasteiger partial charge in [-0.15, -0.1) is 0 Å². The maximum absolute atomic E-state index is 11.2. The maximum atomic E-state index is 11.2. The molecule has 0 spiro atoms. The lowest BCUT2D eigenvalue weighted by atomic mass is 9.69. The standard InChI is InChI=1S/C14H18O3/c1-9-4-5-12(6-10(9)2)14(7-17-8-14)11(3)13(15)16/h4-6,11H,7-8H2,1-3H3,(H,15,16). The number of ether oxygens (including phenoxy) is 1. The summed E-state index contributed by atoms with van der Waals surface area (Å²) in [6.07, 6.45) is 0. The van der Waals surface area contributed by atoms with E-state index in [0.717, 1.165) is 5.56 Å². The van der Waals surface area contributed by atoms with Crippen LogP contribution in [0.4, 0.5) is 0 Å². The Kier molecular flexibility index (Phi) is 2.96. The quantitative estimate of drug-likeness (QED) is 0.872. The minimum absolute atomic E-state index is 0.343. The first kappa shape index (κ1) is 12.1. The van der Waals surface area contributed by atoms with Gasteiger partial charge in [0.25, 0.3) is 0 Å². The van der Waals surface area contributed by atoms with Crippen LogP contribution in [0.15, 0.2) is 18.2 Å². The van der Waals surface area contributed by atoms with Gasteiger partial charge in [-0.25, -0.2) is 0 Å². The zero-order valence-electron chi connectivity index (χ0n) is 10.5. The predicted molar refractivity (Wildman–Crippen MR) is 65.2 cm³/mol. The van der Waals surface area contributed by atoms with E-state index in [4.69, 9.17) is 4.74 Å². The molecule has 0 aromatic heterocycles. The number of carbonyl (C=O) groups is 1. The normalized spacial score (nSPS) is 19.5. The lowest BCUT2D eigenvalue weighted by Gasteiger charge is -2.45. The van der Waals surface area contributed by atoms with Gasteiger partial charge in [-0.2, -0.15) is 0 Å². The topological polar surface area (TPSA) is 46.5 Å². The largest absolute Gasteiger partial charge is 0.481 e. The minimum Gasteiger partial charge on any atom is -0.481 e. The average Bonchev–Trinajstić information content (AvgIpc) is 2.21. The van der Waals surface area contributed by atoms with Crippen LogP contribution in [0.2, 0.25) is 0 Å². The third-order valence-electron chi connectivity index (χ3n) is 4.00. The second kappa shape index (κ2) is 4.15. The summed E-state index contributed by atoms with van der Waals surface area (Å²) in [5.74, 6) is -1.18. The van der Waals surface area contributed by atoms with E-state index in [9.17, 15) is 9.90 Å². The minimum atomic E-state index is -0.758. The third-order valence-corrected chi connectivity index (χ3v) is 4.00. The van der Waals surface area contributed by atoms with Gasteiger partial charge in [-0.1, -0.05) is 25.1 Å². The van der Waals surface area contributed by atoms with Crippen LogP contribution in [-0.2, 0) is 14.9 Å². The zero-order chi connectivity index (χ0) is 12.6. The lowest BCUT2D eigenvalue weighted by molar-refractivity contribution is -0.155. The fourth-order valence-electron chi connectivity index (χ4n) is 2.28. The molecule has 3 heteroatoms. The van der Waals surface area contributed by atoms with Crippen molar-refractivity contribution in [2.75, 3.05) is 13.2 Å². The molecule has 1 aromatic rings. The number of benzene rings is 1. The van der Waals surface area contributed by atoms with Crippen molar-refractivity contribution in [2.24, 2.45) is 5.92 Å². The van der Waals surface area contributed by atoms with Crippen molar-refractivity contribution in [3.63, 3.8) is 0 Å². The molecule has 1 N–H and O–H groups in total. The lowest BCUT2D eigenvalue weighted by Crippen LogP contribution is -2.53. The molecule has 17 heavy (non-hydrogen) atoms. The molecular weight excluding hydrogens is 216 g/mol. The summed E-state index contributed by atoms with van der Waals surface area (Å²) in [5, 5.41) is 9.21. The molecule has 3 nitrogen and oxygen atoms in total. The Morgan fingerprint density at radius 3 is 2.41 bits per heavy atom. The summed E-state index contributed by atoms with van der Waals surface area (Å²) < 4.78 is 5.27. The Bertz CT molecular complexity index is 447. The number of carboxylic acids is 1. The van der Waals surface area contributed by atoms with Crippen LogP contribution in [0.25, 0.3) is 0 Å².